The molecule has 0 heterocycles. The summed E-state index contributed by atoms with van der Waals surface area (Å²) in [4.78, 5) is 0. The quantitative estimate of drug-likeness (QED) is 0.493. The van der Waals surface area contributed by atoms with Gasteiger partial charge in [0.1, 0.15) is 0 Å². The Bertz CT molecular complexity index is 142. The Morgan fingerprint density at radius 1 is 1.10 bits per heavy atom. The van der Waals surface area contributed by atoms with Gasteiger partial charge in [0.15, 0.2) is 5.79 Å². The SMILES string of the molecule is OC1(O)CC[C@@H]2CC[C@H]1C2. The molecule has 0 aromatic heterocycles. The second-order valence-corrected chi connectivity index (χ2v) is 3.79. The molecular weight excluding hydrogens is 128 g/mol. The Labute approximate surface area is 60.9 Å². The summed E-state index contributed by atoms with van der Waals surface area (Å²) in [7, 11) is 0. The van der Waals surface area contributed by atoms with E-state index in [9.17, 15) is 10.2 Å². The van der Waals surface area contributed by atoms with Crippen molar-refractivity contribution in [3.8, 4) is 0 Å². The highest BCUT2D eigenvalue weighted by Crippen LogP contribution is 2.46. The number of hydrogen-bond donors (Lipinski definition) is 2. The van der Waals surface area contributed by atoms with Crippen molar-refractivity contribution >= 4 is 0 Å². The summed E-state index contributed by atoms with van der Waals surface area (Å²) >= 11 is 0. The summed E-state index contributed by atoms with van der Waals surface area (Å²) in [6, 6.07) is 0. The Morgan fingerprint density at radius 3 is 2.60 bits per heavy atom. The molecule has 0 unspecified atom stereocenters. The van der Waals surface area contributed by atoms with Gasteiger partial charge >= 0.3 is 0 Å². The van der Waals surface area contributed by atoms with Crippen LogP contribution >= 0.6 is 0 Å². The van der Waals surface area contributed by atoms with Gasteiger partial charge in [-0.25, -0.2) is 0 Å². The van der Waals surface area contributed by atoms with E-state index in [0.29, 0.717) is 6.42 Å². The largest absolute Gasteiger partial charge is 0.365 e. The van der Waals surface area contributed by atoms with Crippen molar-refractivity contribution in [2.24, 2.45) is 11.8 Å². The summed E-state index contributed by atoms with van der Waals surface area (Å²) < 4.78 is 0. The predicted molar refractivity (Wildman–Crippen MR) is 37.2 cm³/mol. The first-order valence-corrected chi connectivity index (χ1v) is 4.13. The van der Waals surface area contributed by atoms with Crippen molar-refractivity contribution in [1.29, 1.82) is 0 Å². The lowest BCUT2D eigenvalue weighted by Gasteiger charge is -2.32. The topological polar surface area (TPSA) is 40.5 Å². The molecule has 0 saturated heterocycles. The van der Waals surface area contributed by atoms with Crippen LogP contribution in [0, 0.1) is 11.8 Å². The first kappa shape index (κ1) is 6.62. The number of rotatable bonds is 0. The maximum atomic E-state index is 9.42. The maximum Gasteiger partial charge on any atom is 0.165 e. The molecule has 2 aliphatic rings. The van der Waals surface area contributed by atoms with E-state index in [-0.39, 0.29) is 5.92 Å². The molecule has 2 saturated carbocycles. The van der Waals surface area contributed by atoms with Gasteiger partial charge in [-0.3, -0.25) is 0 Å². The highest BCUT2D eigenvalue weighted by Gasteiger charge is 2.44. The van der Waals surface area contributed by atoms with Gasteiger partial charge in [-0.2, -0.15) is 0 Å². The monoisotopic (exact) mass is 142 g/mol. The van der Waals surface area contributed by atoms with E-state index in [4.69, 9.17) is 0 Å². The highest BCUT2D eigenvalue weighted by atomic mass is 16.5. The van der Waals surface area contributed by atoms with Crippen LogP contribution < -0.4 is 0 Å². The van der Waals surface area contributed by atoms with Crippen molar-refractivity contribution in [3.05, 3.63) is 0 Å². The molecule has 2 heteroatoms. The standard InChI is InChI=1S/C8H14O2/c9-8(10)4-3-6-1-2-7(8)5-6/h6-7,9-10H,1-5H2/t6-,7-/m0/s1. The van der Waals surface area contributed by atoms with Crippen LogP contribution in [-0.4, -0.2) is 16.0 Å². The summed E-state index contributed by atoms with van der Waals surface area (Å²) in [5.41, 5.74) is 0. The minimum absolute atomic E-state index is 0.186. The normalized spacial score (nSPS) is 43.8. The third-order valence-electron chi connectivity index (χ3n) is 3.12. The molecule has 0 spiro atoms. The average molecular weight is 142 g/mol. The van der Waals surface area contributed by atoms with Crippen LogP contribution in [0.2, 0.25) is 0 Å². The van der Waals surface area contributed by atoms with Gasteiger partial charge in [0.25, 0.3) is 0 Å². The lowest BCUT2D eigenvalue weighted by atomic mass is 9.84. The molecule has 0 aromatic rings. The average Bonchev–Trinajstić information content (AvgIpc) is 2.26. The Hall–Kier alpha value is -0.0800. The molecule has 2 nitrogen and oxygen atoms in total. The fourth-order valence-corrected chi connectivity index (χ4v) is 2.38. The van der Waals surface area contributed by atoms with Crippen LogP contribution in [0.25, 0.3) is 0 Å². The lowest BCUT2D eigenvalue weighted by Crippen LogP contribution is -2.38. The lowest BCUT2D eigenvalue weighted by molar-refractivity contribution is -0.212. The first-order chi connectivity index (χ1) is 4.68. The van der Waals surface area contributed by atoms with Crippen LogP contribution in [0.3, 0.4) is 0 Å². The van der Waals surface area contributed by atoms with E-state index in [2.05, 4.69) is 0 Å². The maximum absolute atomic E-state index is 9.42. The Kier molecular flexibility index (Phi) is 1.29. The summed E-state index contributed by atoms with van der Waals surface area (Å²) in [5.74, 6) is -0.323. The third kappa shape index (κ3) is 0.867. The fraction of sp³-hybridized carbons (Fsp3) is 1.00. The van der Waals surface area contributed by atoms with Gasteiger partial charge in [0.2, 0.25) is 0 Å². The van der Waals surface area contributed by atoms with E-state index < -0.39 is 5.79 Å². The predicted octanol–water partition coefficient (Wildman–Crippen LogP) is 0.877. The minimum Gasteiger partial charge on any atom is -0.365 e. The van der Waals surface area contributed by atoms with Crippen molar-refractivity contribution in [3.63, 3.8) is 0 Å². The van der Waals surface area contributed by atoms with Crippen LogP contribution in [0.1, 0.15) is 32.1 Å². The zero-order valence-corrected chi connectivity index (χ0v) is 6.08. The van der Waals surface area contributed by atoms with Gasteiger partial charge in [-0.1, -0.05) is 0 Å². The molecule has 2 N–H and O–H groups in total. The minimum atomic E-state index is -1.31. The van der Waals surface area contributed by atoms with Crippen LogP contribution in [0.15, 0.2) is 0 Å². The molecule has 2 atom stereocenters. The molecular formula is C8H14O2. The summed E-state index contributed by atoms with van der Waals surface area (Å²) in [5, 5.41) is 18.8. The van der Waals surface area contributed by atoms with Gasteiger partial charge in [0, 0.05) is 12.3 Å². The fourth-order valence-electron chi connectivity index (χ4n) is 2.38. The smallest absolute Gasteiger partial charge is 0.165 e. The van der Waals surface area contributed by atoms with Crippen LogP contribution in [-0.2, 0) is 0 Å². The van der Waals surface area contributed by atoms with Crippen LogP contribution in [0.5, 0.6) is 0 Å². The van der Waals surface area contributed by atoms with E-state index >= 15 is 0 Å². The summed E-state index contributed by atoms with van der Waals surface area (Å²) in [6.07, 6.45) is 4.91. The number of aliphatic hydroxyl groups is 2. The number of fused-ring (bicyclic) bond motifs is 2. The Balaban J connectivity index is 2.14. The molecule has 2 rings (SSSR count). The second-order valence-electron chi connectivity index (χ2n) is 3.79. The van der Waals surface area contributed by atoms with E-state index in [0.717, 1.165) is 25.2 Å². The Morgan fingerprint density at radius 2 is 1.90 bits per heavy atom. The van der Waals surface area contributed by atoms with Crippen molar-refractivity contribution in [1.82, 2.24) is 0 Å². The molecule has 2 fully saturated rings. The van der Waals surface area contributed by atoms with Gasteiger partial charge < -0.3 is 10.2 Å². The van der Waals surface area contributed by atoms with E-state index in [1.807, 2.05) is 0 Å². The first-order valence-electron chi connectivity index (χ1n) is 4.13. The van der Waals surface area contributed by atoms with Gasteiger partial charge in [-0.15, -0.1) is 0 Å². The van der Waals surface area contributed by atoms with Gasteiger partial charge in [0.05, 0.1) is 0 Å². The zero-order chi connectivity index (χ0) is 7.19. The summed E-state index contributed by atoms with van der Waals surface area (Å²) in [6.45, 7) is 0. The molecule has 0 amide bonds. The van der Waals surface area contributed by atoms with Crippen molar-refractivity contribution in [2.45, 2.75) is 37.9 Å². The molecule has 10 heavy (non-hydrogen) atoms. The zero-order valence-electron chi connectivity index (χ0n) is 6.08. The molecule has 2 bridgehead atoms. The van der Waals surface area contributed by atoms with E-state index in [1.165, 1.54) is 6.42 Å². The molecule has 0 aliphatic heterocycles. The molecule has 0 aromatic carbocycles. The highest BCUT2D eigenvalue weighted by molar-refractivity contribution is 4.90. The van der Waals surface area contributed by atoms with Crippen molar-refractivity contribution < 1.29 is 10.2 Å². The van der Waals surface area contributed by atoms with E-state index in [1.54, 1.807) is 0 Å². The van der Waals surface area contributed by atoms with Gasteiger partial charge in [-0.05, 0) is 31.6 Å². The van der Waals surface area contributed by atoms with Crippen LogP contribution in [0.4, 0.5) is 0 Å². The molecule has 2 aliphatic carbocycles. The third-order valence-corrected chi connectivity index (χ3v) is 3.12. The molecule has 0 radical (unpaired) electrons. The molecule has 58 valence electrons. The van der Waals surface area contributed by atoms with Crippen molar-refractivity contribution in [2.75, 3.05) is 0 Å². The number of hydrogen-bond acceptors (Lipinski definition) is 2. The second kappa shape index (κ2) is 1.95.